The van der Waals surface area contributed by atoms with Gasteiger partial charge in [-0.2, -0.15) is 0 Å². The number of nitrogens with one attached hydrogen (secondary N) is 2. The fourth-order valence-electron chi connectivity index (χ4n) is 1.91. The van der Waals surface area contributed by atoms with Gasteiger partial charge in [-0.1, -0.05) is 25.1 Å². The van der Waals surface area contributed by atoms with Gasteiger partial charge in [0.25, 0.3) is 0 Å². The van der Waals surface area contributed by atoms with Crippen molar-refractivity contribution in [3.63, 3.8) is 0 Å². The van der Waals surface area contributed by atoms with Gasteiger partial charge in [0.05, 0.1) is 5.25 Å². The summed E-state index contributed by atoms with van der Waals surface area (Å²) < 4.78 is 0. The lowest BCUT2D eigenvalue weighted by atomic mass is 10.1. The van der Waals surface area contributed by atoms with Gasteiger partial charge in [0.2, 0.25) is 5.91 Å². The molecule has 0 aliphatic heterocycles. The Morgan fingerprint density at radius 1 is 1.43 bits per heavy atom. The fraction of sp³-hybridized carbons (Fsp3) is 0.471. The number of hydrogen-bond donors (Lipinski definition) is 2. The molecule has 1 rings (SSSR count). The normalized spacial score (nSPS) is 13.5. The molecule has 2 unspecified atom stereocenters. The maximum Gasteiger partial charge on any atom is 0.233 e. The molecular weight excluding hydrogens is 280 g/mol. The second-order valence-electron chi connectivity index (χ2n) is 5.04. The lowest BCUT2D eigenvalue weighted by Crippen LogP contribution is -2.30. The van der Waals surface area contributed by atoms with Crippen molar-refractivity contribution >= 4 is 17.7 Å². The standard InChI is InChI=1S/C17H26N2OS/c1-5-10-18-13(3)15-8-7-9-16(12-15)21-14(4)17(20)19-11-6-2/h6-9,12-14,18H,2,5,10-11H2,1,3-4H3,(H,19,20). The maximum absolute atomic E-state index is 11.9. The van der Waals surface area contributed by atoms with E-state index in [4.69, 9.17) is 0 Å². The molecule has 1 aromatic rings. The van der Waals surface area contributed by atoms with Gasteiger partial charge >= 0.3 is 0 Å². The molecule has 1 amide bonds. The molecule has 0 heterocycles. The van der Waals surface area contributed by atoms with Crippen molar-refractivity contribution in [3.05, 3.63) is 42.5 Å². The van der Waals surface area contributed by atoms with E-state index in [9.17, 15) is 4.79 Å². The van der Waals surface area contributed by atoms with Crippen LogP contribution in [-0.2, 0) is 4.79 Å². The topological polar surface area (TPSA) is 41.1 Å². The van der Waals surface area contributed by atoms with E-state index >= 15 is 0 Å². The quantitative estimate of drug-likeness (QED) is 0.542. The second kappa shape index (κ2) is 9.64. The third-order valence-electron chi connectivity index (χ3n) is 3.16. The monoisotopic (exact) mass is 306 g/mol. The van der Waals surface area contributed by atoms with Crippen molar-refractivity contribution in [2.75, 3.05) is 13.1 Å². The Bertz CT molecular complexity index is 462. The van der Waals surface area contributed by atoms with Gasteiger partial charge in [0, 0.05) is 17.5 Å². The fourth-order valence-corrected chi connectivity index (χ4v) is 2.87. The molecule has 4 heteroatoms. The minimum absolute atomic E-state index is 0.0439. The number of rotatable bonds is 9. The Hall–Kier alpha value is -1.26. The van der Waals surface area contributed by atoms with Crippen molar-refractivity contribution in [3.8, 4) is 0 Å². The Morgan fingerprint density at radius 2 is 2.19 bits per heavy atom. The highest BCUT2D eigenvalue weighted by Crippen LogP contribution is 2.26. The molecule has 2 N–H and O–H groups in total. The molecule has 0 fully saturated rings. The van der Waals surface area contributed by atoms with E-state index in [0.29, 0.717) is 12.6 Å². The highest BCUT2D eigenvalue weighted by Gasteiger charge is 2.14. The van der Waals surface area contributed by atoms with Crippen LogP contribution in [0.15, 0.2) is 41.8 Å². The molecule has 0 saturated heterocycles. The Morgan fingerprint density at radius 3 is 2.86 bits per heavy atom. The van der Waals surface area contributed by atoms with Crippen LogP contribution < -0.4 is 10.6 Å². The van der Waals surface area contributed by atoms with E-state index < -0.39 is 0 Å². The molecule has 0 radical (unpaired) electrons. The first kappa shape index (κ1) is 17.8. The molecule has 0 aromatic heterocycles. The van der Waals surface area contributed by atoms with Gasteiger partial charge in [-0.25, -0.2) is 0 Å². The average Bonchev–Trinajstić information content (AvgIpc) is 2.50. The molecule has 0 saturated carbocycles. The lowest BCUT2D eigenvalue weighted by molar-refractivity contribution is -0.120. The van der Waals surface area contributed by atoms with Crippen LogP contribution in [0.25, 0.3) is 0 Å². The van der Waals surface area contributed by atoms with Crippen LogP contribution in [0, 0.1) is 0 Å². The van der Waals surface area contributed by atoms with Crippen LogP contribution in [-0.4, -0.2) is 24.2 Å². The summed E-state index contributed by atoms with van der Waals surface area (Å²) in [6, 6.07) is 8.72. The molecule has 0 aliphatic carbocycles. The highest BCUT2D eigenvalue weighted by molar-refractivity contribution is 8.00. The van der Waals surface area contributed by atoms with Crippen molar-refractivity contribution in [1.29, 1.82) is 0 Å². The summed E-state index contributed by atoms with van der Waals surface area (Å²) >= 11 is 1.58. The second-order valence-corrected chi connectivity index (χ2v) is 6.46. The van der Waals surface area contributed by atoms with E-state index in [0.717, 1.165) is 17.9 Å². The van der Waals surface area contributed by atoms with Crippen molar-refractivity contribution in [2.24, 2.45) is 0 Å². The number of carbonyl (C=O) groups is 1. The van der Waals surface area contributed by atoms with Crippen molar-refractivity contribution in [2.45, 2.75) is 43.4 Å². The van der Waals surface area contributed by atoms with E-state index in [1.54, 1.807) is 17.8 Å². The van der Waals surface area contributed by atoms with Gasteiger partial charge in [0.15, 0.2) is 0 Å². The maximum atomic E-state index is 11.9. The van der Waals surface area contributed by atoms with Gasteiger partial charge in [0.1, 0.15) is 0 Å². The summed E-state index contributed by atoms with van der Waals surface area (Å²) in [6.45, 7) is 11.4. The summed E-state index contributed by atoms with van der Waals surface area (Å²) in [5, 5.41) is 6.20. The predicted molar refractivity (Wildman–Crippen MR) is 91.7 cm³/mol. The molecule has 3 nitrogen and oxygen atoms in total. The molecule has 116 valence electrons. The SMILES string of the molecule is C=CCNC(=O)C(C)Sc1cccc(C(C)NCCC)c1. The van der Waals surface area contributed by atoms with Gasteiger partial charge in [-0.3, -0.25) is 4.79 Å². The molecular formula is C17H26N2OS. The highest BCUT2D eigenvalue weighted by atomic mass is 32.2. The van der Waals surface area contributed by atoms with Crippen LogP contribution in [0.4, 0.5) is 0 Å². The van der Waals surface area contributed by atoms with Crippen LogP contribution in [0.5, 0.6) is 0 Å². The first-order valence-corrected chi connectivity index (χ1v) is 8.35. The number of hydrogen-bond acceptors (Lipinski definition) is 3. The van der Waals surface area contributed by atoms with Crippen LogP contribution >= 0.6 is 11.8 Å². The summed E-state index contributed by atoms with van der Waals surface area (Å²) in [6.07, 6.45) is 2.82. The average molecular weight is 306 g/mol. The van der Waals surface area contributed by atoms with Crippen molar-refractivity contribution < 1.29 is 4.79 Å². The lowest BCUT2D eigenvalue weighted by Gasteiger charge is -2.16. The largest absolute Gasteiger partial charge is 0.352 e. The third-order valence-corrected chi connectivity index (χ3v) is 4.26. The van der Waals surface area contributed by atoms with Crippen molar-refractivity contribution in [1.82, 2.24) is 10.6 Å². The zero-order chi connectivity index (χ0) is 15.7. The van der Waals surface area contributed by atoms with E-state index in [2.05, 4.69) is 55.3 Å². The molecule has 21 heavy (non-hydrogen) atoms. The third kappa shape index (κ3) is 6.36. The van der Waals surface area contributed by atoms with E-state index in [-0.39, 0.29) is 11.2 Å². The molecule has 0 aliphatic rings. The molecule has 1 aromatic carbocycles. The molecule has 0 bridgehead atoms. The van der Waals surface area contributed by atoms with Crippen LogP contribution in [0.1, 0.15) is 38.8 Å². The minimum Gasteiger partial charge on any atom is -0.352 e. The smallest absolute Gasteiger partial charge is 0.233 e. The van der Waals surface area contributed by atoms with E-state index in [1.165, 1.54) is 5.56 Å². The number of amides is 1. The summed E-state index contributed by atoms with van der Waals surface area (Å²) in [5.74, 6) is 0.0439. The Balaban J connectivity index is 2.63. The van der Waals surface area contributed by atoms with Gasteiger partial charge < -0.3 is 10.6 Å². The zero-order valence-corrected chi connectivity index (χ0v) is 14.0. The number of benzene rings is 1. The number of thioether (sulfide) groups is 1. The van der Waals surface area contributed by atoms with Gasteiger partial charge in [-0.15, -0.1) is 18.3 Å². The summed E-state index contributed by atoms with van der Waals surface area (Å²) in [4.78, 5) is 13.0. The van der Waals surface area contributed by atoms with E-state index in [1.807, 2.05) is 6.92 Å². The zero-order valence-electron chi connectivity index (χ0n) is 13.2. The summed E-state index contributed by atoms with van der Waals surface area (Å²) in [5.41, 5.74) is 1.26. The van der Waals surface area contributed by atoms with Crippen LogP contribution in [0.3, 0.4) is 0 Å². The Labute approximate surface area is 132 Å². The first-order chi connectivity index (χ1) is 10.1. The minimum atomic E-state index is -0.112. The Kier molecular flexibility index (Phi) is 8.16. The van der Waals surface area contributed by atoms with Crippen LogP contribution in [0.2, 0.25) is 0 Å². The predicted octanol–water partition coefficient (Wildman–Crippen LogP) is 3.53. The number of carbonyl (C=O) groups excluding carboxylic acids is 1. The van der Waals surface area contributed by atoms with Gasteiger partial charge in [-0.05, 0) is 44.5 Å². The molecule has 0 spiro atoms. The molecule has 2 atom stereocenters. The summed E-state index contributed by atoms with van der Waals surface area (Å²) in [7, 11) is 0. The first-order valence-electron chi connectivity index (χ1n) is 7.47.